The van der Waals surface area contributed by atoms with Crippen LogP contribution in [0.2, 0.25) is 0 Å². The Morgan fingerprint density at radius 1 is 0.947 bits per heavy atom. The summed E-state index contributed by atoms with van der Waals surface area (Å²) in [4.78, 5) is 23.4. The molecule has 0 atom stereocenters. The number of hydrogen-bond donors (Lipinski definition) is 0. The van der Waals surface area contributed by atoms with Crippen LogP contribution in [0.3, 0.4) is 0 Å². The number of likely N-dealkylation sites (tertiary alicyclic amines) is 1. The number of carbonyl (C=O) groups excluding carboxylic acids is 1. The molecular formula is C32H42N4OS. The fourth-order valence-electron chi connectivity index (χ4n) is 5.67. The molecule has 0 spiro atoms. The minimum Gasteiger partial charge on any atom is -0.339 e. The van der Waals surface area contributed by atoms with Crippen molar-refractivity contribution in [3.63, 3.8) is 0 Å². The maximum absolute atomic E-state index is 13.6. The molecule has 6 heteroatoms. The highest BCUT2D eigenvalue weighted by Crippen LogP contribution is 2.35. The Hall–Kier alpha value is -2.70. The van der Waals surface area contributed by atoms with Crippen LogP contribution >= 0.6 is 11.3 Å². The average Bonchev–Trinajstić information content (AvgIpc) is 3.54. The molecule has 1 saturated heterocycles. The Kier molecular flexibility index (Phi) is 9.13. The lowest BCUT2D eigenvalue weighted by atomic mass is 10.1. The number of carbonyl (C=O) groups is 1. The van der Waals surface area contributed by atoms with Crippen LogP contribution in [0.25, 0.3) is 32.5 Å². The van der Waals surface area contributed by atoms with E-state index in [1.165, 1.54) is 48.0 Å². The van der Waals surface area contributed by atoms with Crippen LogP contribution in [0, 0.1) is 0 Å². The van der Waals surface area contributed by atoms with E-state index in [9.17, 15) is 4.79 Å². The number of unbranched alkanes of at least 4 members (excludes halogenated alkanes) is 2. The summed E-state index contributed by atoms with van der Waals surface area (Å²) in [7, 11) is 0. The van der Waals surface area contributed by atoms with Gasteiger partial charge in [0.25, 0.3) is 5.91 Å². The molecule has 0 unspecified atom stereocenters. The summed E-state index contributed by atoms with van der Waals surface area (Å²) in [6, 6.07) is 14.7. The van der Waals surface area contributed by atoms with Crippen LogP contribution < -0.4 is 0 Å². The van der Waals surface area contributed by atoms with Crippen LogP contribution in [0.4, 0.5) is 0 Å². The molecule has 1 amide bonds. The standard InChI is InChI=1S/C32H42N4OS/c1-3-5-20-35(21-6-4-2)32(37)25-15-16-28-29(23-25)36(22-12-19-34-17-10-7-11-18-34)31(33-28)27-24-38-30-14-9-8-13-26(27)30/h8-9,13-16,23-24H,3-7,10-12,17-22H2,1-2H3. The third-order valence-corrected chi connectivity index (χ3v) is 8.84. The second-order valence-corrected chi connectivity index (χ2v) is 11.6. The normalized spacial score (nSPS) is 14.5. The number of piperidine rings is 1. The summed E-state index contributed by atoms with van der Waals surface area (Å²) < 4.78 is 3.67. The third-order valence-electron chi connectivity index (χ3n) is 7.87. The summed E-state index contributed by atoms with van der Waals surface area (Å²) in [5.74, 6) is 1.17. The van der Waals surface area contributed by atoms with E-state index >= 15 is 0 Å². The smallest absolute Gasteiger partial charge is 0.253 e. The number of hydrogen-bond acceptors (Lipinski definition) is 4. The largest absolute Gasteiger partial charge is 0.339 e. The predicted molar refractivity (Wildman–Crippen MR) is 161 cm³/mol. The van der Waals surface area contributed by atoms with Gasteiger partial charge < -0.3 is 14.4 Å². The van der Waals surface area contributed by atoms with E-state index in [1.807, 2.05) is 6.07 Å². The number of nitrogens with zero attached hydrogens (tertiary/aromatic N) is 4. The molecule has 0 bridgehead atoms. The van der Waals surface area contributed by atoms with E-state index < -0.39 is 0 Å². The zero-order chi connectivity index (χ0) is 26.3. The zero-order valence-corrected chi connectivity index (χ0v) is 23.9. The van der Waals surface area contributed by atoms with Gasteiger partial charge >= 0.3 is 0 Å². The molecule has 4 aromatic rings. The molecule has 0 aliphatic carbocycles. The molecule has 0 radical (unpaired) electrons. The first-order valence-electron chi connectivity index (χ1n) is 14.7. The maximum atomic E-state index is 13.6. The fourth-order valence-corrected chi connectivity index (χ4v) is 6.61. The monoisotopic (exact) mass is 530 g/mol. The van der Waals surface area contributed by atoms with Gasteiger partial charge in [0.05, 0.1) is 11.0 Å². The van der Waals surface area contributed by atoms with Gasteiger partial charge in [0.1, 0.15) is 5.82 Å². The van der Waals surface area contributed by atoms with E-state index in [-0.39, 0.29) is 5.91 Å². The van der Waals surface area contributed by atoms with Gasteiger partial charge in [-0.2, -0.15) is 0 Å². The van der Waals surface area contributed by atoms with Crippen molar-refractivity contribution in [2.75, 3.05) is 32.7 Å². The van der Waals surface area contributed by atoms with Crippen molar-refractivity contribution >= 4 is 38.4 Å². The predicted octanol–water partition coefficient (Wildman–Crippen LogP) is 7.84. The molecular weight excluding hydrogens is 488 g/mol. The molecule has 38 heavy (non-hydrogen) atoms. The van der Waals surface area contributed by atoms with Crippen LogP contribution in [0.5, 0.6) is 0 Å². The first-order chi connectivity index (χ1) is 18.7. The summed E-state index contributed by atoms with van der Waals surface area (Å²) in [5.41, 5.74) is 4.02. The lowest BCUT2D eigenvalue weighted by Gasteiger charge is -2.26. The van der Waals surface area contributed by atoms with Crippen molar-refractivity contribution in [3.05, 3.63) is 53.4 Å². The van der Waals surface area contributed by atoms with Gasteiger partial charge in [0.15, 0.2) is 0 Å². The highest BCUT2D eigenvalue weighted by Gasteiger charge is 2.20. The van der Waals surface area contributed by atoms with Gasteiger partial charge in [-0.3, -0.25) is 4.79 Å². The summed E-state index contributed by atoms with van der Waals surface area (Å²) in [5, 5.41) is 3.50. The third kappa shape index (κ3) is 5.97. The molecule has 0 N–H and O–H groups in total. The number of thiophene rings is 1. The van der Waals surface area contributed by atoms with Crippen molar-refractivity contribution in [1.82, 2.24) is 19.4 Å². The number of benzene rings is 2. The van der Waals surface area contributed by atoms with Crippen molar-refractivity contribution in [3.8, 4) is 11.4 Å². The number of imidazole rings is 1. The molecule has 2 aromatic carbocycles. The second kappa shape index (κ2) is 12.9. The Labute approximate surface area is 231 Å². The first kappa shape index (κ1) is 26.9. The molecule has 5 rings (SSSR count). The lowest BCUT2D eigenvalue weighted by Crippen LogP contribution is -2.33. The molecule has 1 aliphatic rings. The van der Waals surface area contributed by atoms with E-state index in [0.717, 1.165) is 80.7 Å². The van der Waals surface area contributed by atoms with Gasteiger partial charge in [-0.25, -0.2) is 4.98 Å². The number of aromatic nitrogens is 2. The molecule has 202 valence electrons. The van der Waals surface area contributed by atoms with Gasteiger partial charge in [0, 0.05) is 46.2 Å². The summed E-state index contributed by atoms with van der Waals surface area (Å²) in [6.07, 6.45) is 9.35. The average molecular weight is 531 g/mol. The van der Waals surface area contributed by atoms with Crippen molar-refractivity contribution in [2.45, 2.75) is 71.8 Å². The number of fused-ring (bicyclic) bond motifs is 2. The zero-order valence-electron chi connectivity index (χ0n) is 23.1. The molecule has 1 fully saturated rings. The van der Waals surface area contributed by atoms with E-state index in [0.29, 0.717) is 0 Å². The first-order valence-corrected chi connectivity index (χ1v) is 15.6. The summed E-state index contributed by atoms with van der Waals surface area (Å²) >= 11 is 1.78. The van der Waals surface area contributed by atoms with Crippen LogP contribution in [0.15, 0.2) is 47.8 Å². The molecule has 0 saturated carbocycles. The van der Waals surface area contributed by atoms with Crippen molar-refractivity contribution < 1.29 is 4.79 Å². The maximum Gasteiger partial charge on any atom is 0.253 e. The minimum absolute atomic E-state index is 0.150. The van der Waals surface area contributed by atoms with Crippen LogP contribution in [0.1, 0.15) is 75.6 Å². The highest BCUT2D eigenvalue weighted by molar-refractivity contribution is 7.17. The Morgan fingerprint density at radius 2 is 1.71 bits per heavy atom. The summed E-state index contributed by atoms with van der Waals surface area (Å²) in [6.45, 7) is 10.5. The minimum atomic E-state index is 0.150. The molecule has 1 aliphatic heterocycles. The van der Waals surface area contributed by atoms with E-state index in [4.69, 9.17) is 4.98 Å². The SMILES string of the molecule is CCCCN(CCCC)C(=O)c1ccc2nc(-c3csc4ccccc34)n(CCCN3CCCCC3)c2c1. The van der Waals surface area contributed by atoms with Gasteiger partial charge in [-0.15, -0.1) is 11.3 Å². The molecule has 2 aromatic heterocycles. The van der Waals surface area contributed by atoms with E-state index in [2.05, 4.69) is 70.0 Å². The number of aryl methyl sites for hydroxylation is 1. The topological polar surface area (TPSA) is 41.4 Å². The van der Waals surface area contributed by atoms with Gasteiger partial charge in [-0.1, -0.05) is 51.3 Å². The van der Waals surface area contributed by atoms with Crippen molar-refractivity contribution in [1.29, 1.82) is 0 Å². The van der Waals surface area contributed by atoms with Gasteiger partial charge in [0.2, 0.25) is 0 Å². The second-order valence-electron chi connectivity index (χ2n) is 10.7. The highest BCUT2D eigenvalue weighted by atomic mass is 32.1. The Bertz CT molecular complexity index is 1340. The Balaban J connectivity index is 1.50. The number of rotatable bonds is 12. The quantitative estimate of drug-likeness (QED) is 0.187. The number of amides is 1. The van der Waals surface area contributed by atoms with Gasteiger partial charge in [-0.05, 0) is 76.0 Å². The molecule has 5 nitrogen and oxygen atoms in total. The van der Waals surface area contributed by atoms with Crippen molar-refractivity contribution in [2.24, 2.45) is 0 Å². The molecule has 3 heterocycles. The lowest BCUT2D eigenvalue weighted by molar-refractivity contribution is 0.0751. The van der Waals surface area contributed by atoms with E-state index in [1.54, 1.807) is 11.3 Å². The Morgan fingerprint density at radius 3 is 2.47 bits per heavy atom. The van der Waals surface area contributed by atoms with Crippen LogP contribution in [-0.4, -0.2) is 58.0 Å². The van der Waals surface area contributed by atoms with Crippen LogP contribution in [-0.2, 0) is 6.54 Å². The fraction of sp³-hybridized carbons (Fsp3) is 0.500.